The molecule has 1 aliphatic rings. The van der Waals surface area contributed by atoms with Gasteiger partial charge in [-0.3, -0.25) is 9.59 Å². The first-order chi connectivity index (χ1) is 12.0. The van der Waals surface area contributed by atoms with E-state index in [2.05, 4.69) is 17.3 Å². The molecule has 0 radical (unpaired) electrons. The number of rotatable bonds is 7. The number of halogens is 1. The number of nitrogens with two attached hydrogens (primary N) is 1. The minimum absolute atomic E-state index is 0. The first-order valence-corrected chi connectivity index (χ1v) is 9.99. The van der Waals surface area contributed by atoms with E-state index in [-0.39, 0.29) is 24.2 Å². The third-order valence-electron chi connectivity index (χ3n) is 4.40. The van der Waals surface area contributed by atoms with E-state index in [4.69, 9.17) is 5.73 Å². The molecule has 0 bridgehead atoms. The van der Waals surface area contributed by atoms with Gasteiger partial charge in [0.2, 0.25) is 11.8 Å². The fraction of sp³-hybridized carbons (Fsp3) is 0.556. The van der Waals surface area contributed by atoms with E-state index in [9.17, 15) is 9.59 Å². The number of piperazine rings is 1. The van der Waals surface area contributed by atoms with Crippen LogP contribution < -0.4 is 11.1 Å². The van der Waals surface area contributed by atoms with Crippen molar-refractivity contribution in [3.05, 3.63) is 29.8 Å². The van der Waals surface area contributed by atoms with Gasteiger partial charge in [-0.25, -0.2) is 0 Å². The molecule has 2 rings (SSSR count). The molecular weight excluding hydrogens is 372 g/mol. The smallest absolute Gasteiger partial charge is 0.241 e. The van der Waals surface area contributed by atoms with E-state index in [1.54, 1.807) is 11.8 Å². The predicted octanol–water partition coefficient (Wildman–Crippen LogP) is 1.44. The molecule has 6 nitrogen and oxygen atoms in total. The van der Waals surface area contributed by atoms with Crippen LogP contribution in [0, 0.1) is 0 Å². The van der Waals surface area contributed by atoms with Crippen molar-refractivity contribution in [3.8, 4) is 0 Å². The van der Waals surface area contributed by atoms with Crippen molar-refractivity contribution in [2.45, 2.75) is 18.9 Å². The second-order valence-electron chi connectivity index (χ2n) is 6.43. The minimum Gasteiger partial charge on any atom is -0.340 e. The molecule has 1 fully saturated rings. The topological polar surface area (TPSA) is 78.7 Å². The van der Waals surface area contributed by atoms with Gasteiger partial charge >= 0.3 is 0 Å². The van der Waals surface area contributed by atoms with Gasteiger partial charge in [0.15, 0.2) is 0 Å². The number of nitrogens with zero attached hydrogens (tertiary/aromatic N) is 2. The summed E-state index contributed by atoms with van der Waals surface area (Å²) in [5.74, 6) is 0.848. The van der Waals surface area contributed by atoms with Crippen molar-refractivity contribution in [1.29, 1.82) is 0 Å². The summed E-state index contributed by atoms with van der Waals surface area (Å²) in [5.41, 5.74) is 7.52. The summed E-state index contributed by atoms with van der Waals surface area (Å²) in [4.78, 5) is 28.5. The van der Waals surface area contributed by atoms with Gasteiger partial charge in [0.1, 0.15) is 0 Å². The summed E-state index contributed by atoms with van der Waals surface area (Å²) in [6.07, 6.45) is 3.04. The van der Waals surface area contributed by atoms with Crippen molar-refractivity contribution in [2.75, 3.05) is 50.6 Å². The Labute approximate surface area is 166 Å². The molecule has 0 aromatic heterocycles. The highest BCUT2D eigenvalue weighted by Crippen LogP contribution is 2.12. The number of likely N-dealkylation sites (N-methyl/N-ethyl adjacent to an activating group) is 1. The highest BCUT2D eigenvalue weighted by atomic mass is 35.5. The SMILES string of the molecule is CSCC[C@H](N)C(=O)Nc1ccc(CC(=O)N2CCN(C)CC2)cc1.Cl. The van der Waals surface area contributed by atoms with Crippen molar-refractivity contribution < 1.29 is 9.59 Å². The Balaban J connectivity index is 0.00000338. The van der Waals surface area contributed by atoms with Crippen LogP contribution in [0.1, 0.15) is 12.0 Å². The van der Waals surface area contributed by atoms with Crippen LogP contribution in [-0.4, -0.2) is 72.9 Å². The molecule has 1 aliphatic heterocycles. The fourth-order valence-electron chi connectivity index (χ4n) is 2.66. The Kier molecular flexibility index (Phi) is 10.0. The Morgan fingerprint density at radius 3 is 2.38 bits per heavy atom. The van der Waals surface area contributed by atoms with Crippen molar-refractivity contribution >= 4 is 41.7 Å². The zero-order valence-corrected chi connectivity index (χ0v) is 17.1. The van der Waals surface area contributed by atoms with Crippen LogP contribution >= 0.6 is 24.2 Å². The highest BCUT2D eigenvalue weighted by molar-refractivity contribution is 7.98. The molecule has 8 heteroatoms. The molecule has 0 unspecified atom stereocenters. The third kappa shape index (κ3) is 7.15. The Hall–Kier alpha value is -1.28. The van der Waals surface area contributed by atoms with Crippen LogP contribution in [0.3, 0.4) is 0 Å². The quantitative estimate of drug-likeness (QED) is 0.724. The number of nitrogens with one attached hydrogen (secondary N) is 1. The van der Waals surface area contributed by atoms with Crippen LogP contribution in [-0.2, 0) is 16.0 Å². The summed E-state index contributed by atoms with van der Waals surface area (Å²) in [5, 5.41) is 2.83. The molecular formula is C18H29ClN4O2S. The van der Waals surface area contributed by atoms with Crippen LogP contribution in [0.2, 0.25) is 0 Å². The standard InChI is InChI=1S/C18H28N4O2S.ClH/c1-21-8-10-22(11-9-21)17(23)13-14-3-5-15(6-4-14)20-18(24)16(19)7-12-25-2;/h3-6,16H,7-13,19H2,1-2H3,(H,20,24);1H/t16-;/m0./s1. The molecule has 146 valence electrons. The fourth-order valence-corrected chi connectivity index (χ4v) is 3.15. The molecule has 1 aromatic rings. The van der Waals surface area contributed by atoms with E-state index in [0.717, 1.165) is 37.5 Å². The molecule has 1 saturated heterocycles. The summed E-state index contributed by atoms with van der Waals surface area (Å²) in [6, 6.07) is 6.93. The molecule has 26 heavy (non-hydrogen) atoms. The average molecular weight is 401 g/mol. The van der Waals surface area contributed by atoms with Gasteiger partial charge in [0.25, 0.3) is 0 Å². The first-order valence-electron chi connectivity index (χ1n) is 8.60. The summed E-state index contributed by atoms with van der Waals surface area (Å²) in [6.45, 7) is 3.43. The number of hydrogen-bond donors (Lipinski definition) is 2. The third-order valence-corrected chi connectivity index (χ3v) is 5.05. The molecule has 2 amide bonds. The van der Waals surface area contributed by atoms with E-state index >= 15 is 0 Å². The van der Waals surface area contributed by atoms with Crippen LogP contribution in [0.4, 0.5) is 5.69 Å². The van der Waals surface area contributed by atoms with E-state index in [0.29, 0.717) is 18.5 Å². The Bertz CT molecular complexity index is 577. The lowest BCUT2D eigenvalue weighted by atomic mass is 10.1. The van der Waals surface area contributed by atoms with Crippen LogP contribution in [0.5, 0.6) is 0 Å². The average Bonchev–Trinajstić information content (AvgIpc) is 2.61. The summed E-state index contributed by atoms with van der Waals surface area (Å²) < 4.78 is 0. The monoisotopic (exact) mass is 400 g/mol. The van der Waals surface area contributed by atoms with E-state index in [1.165, 1.54) is 0 Å². The van der Waals surface area contributed by atoms with Gasteiger partial charge < -0.3 is 20.9 Å². The maximum Gasteiger partial charge on any atom is 0.241 e. The van der Waals surface area contributed by atoms with Gasteiger partial charge in [-0.05, 0) is 43.2 Å². The number of carbonyl (C=O) groups excluding carboxylic acids is 2. The summed E-state index contributed by atoms with van der Waals surface area (Å²) >= 11 is 1.67. The number of thioether (sulfide) groups is 1. The van der Waals surface area contributed by atoms with Crippen molar-refractivity contribution in [3.63, 3.8) is 0 Å². The van der Waals surface area contributed by atoms with Gasteiger partial charge in [-0.15, -0.1) is 12.4 Å². The molecule has 0 aliphatic carbocycles. The number of carbonyl (C=O) groups is 2. The molecule has 1 aromatic carbocycles. The summed E-state index contributed by atoms with van der Waals surface area (Å²) in [7, 11) is 2.07. The maximum absolute atomic E-state index is 12.3. The normalized spacial score (nSPS) is 15.9. The highest BCUT2D eigenvalue weighted by Gasteiger charge is 2.19. The lowest BCUT2D eigenvalue weighted by molar-refractivity contribution is -0.132. The zero-order chi connectivity index (χ0) is 18.2. The van der Waals surface area contributed by atoms with Crippen LogP contribution in [0.25, 0.3) is 0 Å². The first kappa shape index (κ1) is 22.8. The van der Waals surface area contributed by atoms with Crippen LogP contribution in [0.15, 0.2) is 24.3 Å². The lowest BCUT2D eigenvalue weighted by Gasteiger charge is -2.32. The number of hydrogen-bond acceptors (Lipinski definition) is 5. The van der Waals surface area contributed by atoms with Gasteiger partial charge in [-0.2, -0.15) is 11.8 Å². The van der Waals surface area contributed by atoms with Crippen molar-refractivity contribution in [2.24, 2.45) is 5.73 Å². The maximum atomic E-state index is 12.3. The van der Waals surface area contributed by atoms with Crippen molar-refractivity contribution in [1.82, 2.24) is 9.80 Å². The molecule has 1 atom stereocenters. The second-order valence-corrected chi connectivity index (χ2v) is 7.42. The molecule has 0 saturated carbocycles. The number of amides is 2. The van der Waals surface area contributed by atoms with E-state index in [1.807, 2.05) is 35.4 Å². The zero-order valence-electron chi connectivity index (χ0n) is 15.4. The number of anilines is 1. The predicted molar refractivity (Wildman–Crippen MR) is 111 cm³/mol. The van der Waals surface area contributed by atoms with Gasteiger partial charge in [0, 0.05) is 31.9 Å². The Morgan fingerprint density at radius 1 is 1.19 bits per heavy atom. The van der Waals surface area contributed by atoms with E-state index < -0.39 is 6.04 Å². The molecule has 0 spiro atoms. The largest absolute Gasteiger partial charge is 0.340 e. The molecule has 3 N–H and O–H groups in total. The Morgan fingerprint density at radius 2 is 1.81 bits per heavy atom. The number of benzene rings is 1. The van der Waals surface area contributed by atoms with Gasteiger partial charge in [0.05, 0.1) is 12.5 Å². The van der Waals surface area contributed by atoms with Gasteiger partial charge in [-0.1, -0.05) is 12.1 Å². The lowest BCUT2D eigenvalue weighted by Crippen LogP contribution is -2.47. The molecule has 1 heterocycles. The second kappa shape index (κ2) is 11.4. The minimum atomic E-state index is -0.495.